The largest absolute Gasteiger partial charge is 0.464 e. The van der Waals surface area contributed by atoms with Crippen LogP contribution in [0.1, 0.15) is 39.6 Å². The molecule has 2 unspecified atom stereocenters. The number of aryl methyl sites for hydroxylation is 1. The molecule has 0 amide bonds. The van der Waals surface area contributed by atoms with Gasteiger partial charge in [-0.2, -0.15) is 5.10 Å². The minimum Gasteiger partial charge on any atom is -0.464 e. The molecule has 0 saturated carbocycles. The first-order valence-corrected chi connectivity index (χ1v) is 9.76. The van der Waals surface area contributed by atoms with E-state index in [1.807, 2.05) is 6.07 Å². The maximum Gasteiger partial charge on any atom is 0.223 e. The van der Waals surface area contributed by atoms with Crippen LogP contribution in [0.3, 0.4) is 0 Å². The minimum atomic E-state index is -0.137. The van der Waals surface area contributed by atoms with Crippen molar-refractivity contribution in [2.75, 3.05) is 0 Å². The molecule has 0 saturated heterocycles. The van der Waals surface area contributed by atoms with Crippen LogP contribution in [-0.4, -0.2) is 10.7 Å². The van der Waals surface area contributed by atoms with Crippen molar-refractivity contribution in [2.24, 2.45) is 5.10 Å². The van der Waals surface area contributed by atoms with Gasteiger partial charge in [0, 0.05) is 12.0 Å². The first-order chi connectivity index (χ1) is 11.8. The van der Waals surface area contributed by atoms with Crippen LogP contribution in [0.25, 0.3) is 0 Å². The van der Waals surface area contributed by atoms with E-state index in [1.54, 1.807) is 22.7 Å². The topological polar surface area (TPSA) is 24.8 Å². The van der Waals surface area contributed by atoms with E-state index in [9.17, 15) is 0 Å². The molecule has 24 heavy (non-hydrogen) atoms. The number of hydrogen-bond donors (Lipinski definition) is 0. The number of hydrogen-bond acceptors (Lipinski definition) is 5. The lowest BCUT2D eigenvalue weighted by Gasteiger charge is -2.37. The molecule has 5 heteroatoms. The molecule has 3 aromatic rings. The second-order valence-corrected chi connectivity index (χ2v) is 8.00. The monoisotopic (exact) mass is 352 g/mol. The lowest BCUT2D eigenvalue weighted by atomic mass is 9.98. The SMILES string of the molecule is Cc1ccsc1C1Oc2ccccc2C2CC(c3cccs3)=NN21. The van der Waals surface area contributed by atoms with Crippen molar-refractivity contribution in [1.29, 1.82) is 0 Å². The van der Waals surface area contributed by atoms with Gasteiger partial charge in [-0.3, -0.25) is 0 Å². The van der Waals surface area contributed by atoms with Crippen LogP contribution >= 0.6 is 22.7 Å². The summed E-state index contributed by atoms with van der Waals surface area (Å²) < 4.78 is 6.37. The summed E-state index contributed by atoms with van der Waals surface area (Å²) in [4.78, 5) is 2.49. The molecule has 2 atom stereocenters. The number of nitrogens with zero attached hydrogens (tertiary/aromatic N) is 2. The molecule has 0 aliphatic carbocycles. The van der Waals surface area contributed by atoms with Crippen molar-refractivity contribution in [3.8, 4) is 5.75 Å². The van der Waals surface area contributed by atoms with Crippen molar-refractivity contribution in [2.45, 2.75) is 25.6 Å². The van der Waals surface area contributed by atoms with E-state index < -0.39 is 0 Å². The van der Waals surface area contributed by atoms with Crippen molar-refractivity contribution < 1.29 is 4.74 Å². The standard InChI is InChI=1S/C19H16N2OS2/c1-12-8-10-24-18(12)19-21-15(13-5-2-3-6-16(13)22-19)11-14(20-21)17-7-4-9-23-17/h2-10,15,19H,11H2,1H3. The van der Waals surface area contributed by atoms with Gasteiger partial charge in [0.15, 0.2) is 0 Å². The Hall–Kier alpha value is -2.11. The third-order valence-corrected chi connectivity index (χ3v) is 6.60. The summed E-state index contributed by atoms with van der Waals surface area (Å²) in [5, 5.41) is 11.4. The highest BCUT2D eigenvalue weighted by Gasteiger charge is 2.41. The summed E-state index contributed by atoms with van der Waals surface area (Å²) in [6.45, 7) is 2.14. The van der Waals surface area contributed by atoms with E-state index in [-0.39, 0.29) is 12.3 Å². The zero-order valence-corrected chi connectivity index (χ0v) is 14.8. The van der Waals surface area contributed by atoms with E-state index in [1.165, 1.54) is 20.9 Å². The highest BCUT2D eigenvalue weighted by atomic mass is 32.1. The number of ether oxygens (including phenoxy) is 1. The Balaban J connectivity index is 1.63. The highest BCUT2D eigenvalue weighted by molar-refractivity contribution is 7.12. The molecule has 2 aliphatic rings. The Bertz CT molecular complexity index is 913. The van der Waals surface area contributed by atoms with E-state index in [0.29, 0.717) is 0 Å². The second-order valence-electron chi connectivity index (χ2n) is 6.10. The van der Waals surface area contributed by atoms with Crippen molar-refractivity contribution in [3.63, 3.8) is 0 Å². The summed E-state index contributed by atoms with van der Waals surface area (Å²) >= 11 is 3.50. The van der Waals surface area contributed by atoms with Crippen molar-refractivity contribution in [3.05, 3.63) is 74.1 Å². The first kappa shape index (κ1) is 14.3. The molecule has 120 valence electrons. The second kappa shape index (κ2) is 5.46. The smallest absolute Gasteiger partial charge is 0.223 e. The van der Waals surface area contributed by atoms with E-state index in [2.05, 4.69) is 59.1 Å². The predicted molar refractivity (Wildman–Crippen MR) is 98.9 cm³/mol. The highest BCUT2D eigenvalue weighted by Crippen LogP contribution is 2.48. The van der Waals surface area contributed by atoms with Crippen molar-refractivity contribution >= 4 is 28.4 Å². The van der Waals surface area contributed by atoms with Gasteiger partial charge in [0.2, 0.25) is 6.23 Å². The maximum absolute atomic E-state index is 6.37. The maximum atomic E-state index is 6.37. The average Bonchev–Trinajstić information content (AvgIpc) is 3.34. The van der Waals surface area contributed by atoms with Gasteiger partial charge in [-0.05, 0) is 41.4 Å². The van der Waals surface area contributed by atoms with Crippen LogP contribution in [0.4, 0.5) is 0 Å². The van der Waals surface area contributed by atoms with E-state index in [4.69, 9.17) is 9.84 Å². The molecule has 2 aromatic heterocycles. The Morgan fingerprint density at radius 2 is 2.00 bits per heavy atom. The third-order valence-electron chi connectivity index (χ3n) is 4.63. The molecule has 0 spiro atoms. The molecule has 3 nitrogen and oxygen atoms in total. The quantitative estimate of drug-likeness (QED) is 0.620. The molecule has 1 aromatic carbocycles. The number of fused-ring (bicyclic) bond motifs is 3. The molecular weight excluding hydrogens is 336 g/mol. The number of benzene rings is 1. The normalized spacial score (nSPS) is 21.9. The van der Waals surface area contributed by atoms with Crippen LogP contribution < -0.4 is 4.74 Å². The van der Waals surface area contributed by atoms with Crippen LogP contribution in [0, 0.1) is 6.92 Å². The Morgan fingerprint density at radius 3 is 2.79 bits per heavy atom. The lowest BCUT2D eigenvalue weighted by Crippen LogP contribution is -2.33. The summed E-state index contributed by atoms with van der Waals surface area (Å²) in [5.41, 5.74) is 3.66. The first-order valence-electron chi connectivity index (χ1n) is 8.00. The van der Waals surface area contributed by atoms with Gasteiger partial charge in [0.1, 0.15) is 5.75 Å². The van der Waals surface area contributed by atoms with Gasteiger partial charge in [-0.15, -0.1) is 22.7 Å². The number of para-hydroxylation sites is 1. The molecule has 0 fully saturated rings. The predicted octanol–water partition coefficient (Wildman–Crippen LogP) is 5.36. The van der Waals surface area contributed by atoms with Gasteiger partial charge < -0.3 is 4.74 Å². The molecular formula is C19H16N2OS2. The van der Waals surface area contributed by atoms with Gasteiger partial charge in [0.25, 0.3) is 0 Å². The third kappa shape index (κ3) is 2.12. The van der Waals surface area contributed by atoms with Gasteiger partial charge in [-0.1, -0.05) is 24.3 Å². The van der Waals surface area contributed by atoms with Gasteiger partial charge in [0.05, 0.1) is 21.5 Å². The molecule has 0 radical (unpaired) electrons. The fraction of sp³-hybridized carbons (Fsp3) is 0.211. The number of hydrazone groups is 1. The van der Waals surface area contributed by atoms with E-state index >= 15 is 0 Å². The molecule has 4 heterocycles. The summed E-state index contributed by atoms with van der Waals surface area (Å²) in [5.74, 6) is 0.985. The van der Waals surface area contributed by atoms with Crippen LogP contribution in [-0.2, 0) is 0 Å². The fourth-order valence-electron chi connectivity index (χ4n) is 3.44. The van der Waals surface area contributed by atoms with Crippen molar-refractivity contribution in [1.82, 2.24) is 5.01 Å². The van der Waals surface area contributed by atoms with Crippen LogP contribution in [0.2, 0.25) is 0 Å². The van der Waals surface area contributed by atoms with Gasteiger partial charge in [-0.25, -0.2) is 5.01 Å². The minimum absolute atomic E-state index is 0.137. The van der Waals surface area contributed by atoms with Gasteiger partial charge >= 0.3 is 0 Å². The Kier molecular flexibility index (Phi) is 3.24. The fourth-order valence-corrected chi connectivity index (χ4v) is 5.10. The number of thiophene rings is 2. The van der Waals surface area contributed by atoms with Crippen LogP contribution in [0.5, 0.6) is 5.75 Å². The number of rotatable bonds is 2. The van der Waals surface area contributed by atoms with E-state index in [0.717, 1.165) is 17.9 Å². The summed E-state index contributed by atoms with van der Waals surface area (Å²) in [6.07, 6.45) is 0.796. The summed E-state index contributed by atoms with van der Waals surface area (Å²) in [6, 6.07) is 15.0. The Morgan fingerprint density at radius 1 is 1.08 bits per heavy atom. The molecule has 0 bridgehead atoms. The molecule has 5 rings (SSSR count). The zero-order valence-electron chi connectivity index (χ0n) is 13.2. The average molecular weight is 352 g/mol. The van der Waals surface area contributed by atoms with Crippen LogP contribution in [0.15, 0.2) is 58.3 Å². The molecule has 2 aliphatic heterocycles. The molecule has 0 N–H and O–H groups in total. The lowest BCUT2D eigenvalue weighted by molar-refractivity contribution is -0.0169. The summed E-state index contributed by atoms with van der Waals surface area (Å²) in [7, 11) is 0. The zero-order chi connectivity index (χ0) is 16.1. The Labute approximate surface area is 148 Å².